The number of pyridine rings is 2. The van der Waals surface area contributed by atoms with E-state index in [1.54, 1.807) is 30.9 Å². The Morgan fingerprint density at radius 1 is 0.948 bits per heavy atom. The molecule has 15 heteroatoms. The highest BCUT2D eigenvalue weighted by Crippen LogP contribution is 2.40. The molecule has 7 heterocycles. The van der Waals surface area contributed by atoms with E-state index < -0.39 is 6.04 Å². The molecule has 9 rings (SSSR count). The predicted octanol–water partition coefficient (Wildman–Crippen LogP) is 4.40. The molecule has 4 amide bonds. The SMILES string of the molecule is C=C1c2cccc(-c3nc(CNC(=O)c4ccc(-c5cc6cccc(-c7nc(CC)n8c7CN(C(C)=O)CC8)c6cn5)cn4)n(C)n3)c2CN1C1CCC(=O)NC1=O. The number of hydrogen-bond donors (Lipinski definition) is 2. The molecule has 0 aliphatic carbocycles. The zero-order valence-corrected chi connectivity index (χ0v) is 32.5. The summed E-state index contributed by atoms with van der Waals surface area (Å²) in [5.41, 5.74) is 8.01. The lowest BCUT2D eigenvalue weighted by molar-refractivity contribution is -0.136. The van der Waals surface area contributed by atoms with Gasteiger partial charge in [-0.3, -0.25) is 39.1 Å². The number of carbonyl (C=O) groups is 4. The van der Waals surface area contributed by atoms with Gasteiger partial charge < -0.3 is 19.7 Å². The van der Waals surface area contributed by atoms with Crippen LogP contribution in [-0.4, -0.2) is 80.3 Å². The number of imide groups is 1. The van der Waals surface area contributed by atoms with E-state index in [2.05, 4.69) is 44.9 Å². The van der Waals surface area contributed by atoms with E-state index in [1.807, 2.05) is 58.5 Å². The number of imidazole rings is 1. The minimum absolute atomic E-state index is 0.0552. The van der Waals surface area contributed by atoms with Gasteiger partial charge in [0.2, 0.25) is 17.7 Å². The Morgan fingerprint density at radius 2 is 1.76 bits per heavy atom. The minimum atomic E-state index is -0.483. The summed E-state index contributed by atoms with van der Waals surface area (Å²) in [5.74, 6) is 1.17. The molecule has 1 atom stereocenters. The quantitative estimate of drug-likeness (QED) is 0.211. The summed E-state index contributed by atoms with van der Waals surface area (Å²) in [5, 5.41) is 12.0. The van der Waals surface area contributed by atoms with Crippen molar-refractivity contribution < 1.29 is 19.2 Å². The molecule has 0 bridgehead atoms. The molecule has 4 aromatic heterocycles. The topological polar surface area (TPSA) is 173 Å². The number of rotatable bonds is 8. The molecule has 2 N–H and O–H groups in total. The van der Waals surface area contributed by atoms with Gasteiger partial charge in [0, 0.05) is 92.2 Å². The number of aromatic nitrogens is 7. The Hall–Kier alpha value is -7.03. The number of amides is 4. The highest BCUT2D eigenvalue weighted by Gasteiger charge is 2.37. The predicted molar refractivity (Wildman–Crippen MR) is 215 cm³/mol. The molecule has 58 heavy (non-hydrogen) atoms. The summed E-state index contributed by atoms with van der Waals surface area (Å²) >= 11 is 0. The fourth-order valence-electron chi connectivity index (χ4n) is 8.28. The Bertz CT molecular complexity index is 2700. The summed E-state index contributed by atoms with van der Waals surface area (Å²) < 4.78 is 3.88. The van der Waals surface area contributed by atoms with E-state index in [0.29, 0.717) is 37.7 Å². The van der Waals surface area contributed by atoms with Crippen LogP contribution in [0.15, 0.2) is 73.6 Å². The van der Waals surface area contributed by atoms with E-state index >= 15 is 0 Å². The Morgan fingerprint density at radius 3 is 2.53 bits per heavy atom. The summed E-state index contributed by atoms with van der Waals surface area (Å²) in [7, 11) is 1.77. The lowest BCUT2D eigenvalue weighted by atomic mass is 10.0. The van der Waals surface area contributed by atoms with Crippen LogP contribution in [0.1, 0.15) is 65.6 Å². The van der Waals surface area contributed by atoms with Gasteiger partial charge in [0.1, 0.15) is 23.4 Å². The maximum absolute atomic E-state index is 13.3. The Labute approximate surface area is 333 Å². The van der Waals surface area contributed by atoms with Crippen LogP contribution in [0.4, 0.5) is 0 Å². The van der Waals surface area contributed by atoms with E-state index in [9.17, 15) is 19.2 Å². The van der Waals surface area contributed by atoms with Crippen LogP contribution in [0.5, 0.6) is 0 Å². The summed E-state index contributed by atoms with van der Waals surface area (Å²) in [6.45, 7) is 10.4. The van der Waals surface area contributed by atoms with Gasteiger partial charge in [0.05, 0.1) is 30.2 Å². The molecule has 2 aromatic carbocycles. The van der Waals surface area contributed by atoms with Crippen LogP contribution in [-0.2, 0) is 54.0 Å². The zero-order chi connectivity index (χ0) is 40.2. The molecule has 1 unspecified atom stereocenters. The van der Waals surface area contributed by atoms with Crippen molar-refractivity contribution in [2.45, 2.75) is 65.3 Å². The van der Waals surface area contributed by atoms with E-state index in [1.165, 1.54) is 0 Å². The van der Waals surface area contributed by atoms with Gasteiger partial charge in [0.25, 0.3) is 5.91 Å². The molecule has 0 saturated carbocycles. The monoisotopic (exact) mass is 775 g/mol. The van der Waals surface area contributed by atoms with Gasteiger partial charge in [-0.2, -0.15) is 5.10 Å². The number of nitrogens with one attached hydrogen (secondary N) is 2. The first kappa shape index (κ1) is 36.6. The summed E-state index contributed by atoms with van der Waals surface area (Å²) in [6, 6.07) is 16.9. The standard InChI is InChI=1S/C43H41N11O4/c1-5-37-47-40(36-23-52(25(3)55)16-17-53(36)37)29-10-6-8-26-18-34(45-20-31(26)29)27-12-13-33(44-19-27)42(57)46-21-38-48-41(50-51(38)4)30-11-7-9-28-24(2)54(22-32(28)30)35-14-15-39(56)49-43(35)58/h6-13,18-20,35H,2,5,14-17,21-23H2,1,3-4H3,(H,46,57)(H,49,56,58). The molecule has 1 saturated heterocycles. The molecular weight excluding hydrogens is 735 g/mol. The van der Waals surface area contributed by atoms with E-state index in [0.717, 1.165) is 80.2 Å². The maximum atomic E-state index is 13.3. The van der Waals surface area contributed by atoms with E-state index in [-0.39, 0.29) is 42.3 Å². The third-order valence-electron chi connectivity index (χ3n) is 11.4. The van der Waals surface area contributed by atoms with Crippen molar-refractivity contribution in [3.63, 3.8) is 0 Å². The number of piperidine rings is 1. The lowest BCUT2D eigenvalue weighted by Crippen LogP contribution is -2.50. The Balaban J connectivity index is 0.890. The highest BCUT2D eigenvalue weighted by atomic mass is 16.2. The molecule has 292 valence electrons. The van der Waals surface area contributed by atoms with Crippen molar-refractivity contribution in [2.24, 2.45) is 7.05 Å². The largest absolute Gasteiger partial charge is 0.355 e. The van der Waals surface area contributed by atoms with Crippen LogP contribution < -0.4 is 10.6 Å². The van der Waals surface area contributed by atoms with E-state index in [4.69, 9.17) is 15.0 Å². The van der Waals surface area contributed by atoms with Crippen LogP contribution in [0.2, 0.25) is 0 Å². The molecule has 3 aliphatic heterocycles. The zero-order valence-electron chi connectivity index (χ0n) is 32.5. The van der Waals surface area contributed by atoms with Gasteiger partial charge in [-0.1, -0.05) is 49.9 Å². The lowest BCUT2D eigenvalue weighted by Gasteiger charge is -2.31. The maximum Gasteiger partial charge on any atom is 0.270 e. The molecule has 0 spiro atoms. The minimum Gasteiger partial charge on any atom is -0.355 e. The van der Waals surface area contributed by atoms with Crippen molar-refractivity contribution in [1.82, 2.24) is 54.7 Å². The number of hydrogen-bond acceptors (Lipinski definition) is 10. The number of aryl methyl sites for hydroxylation is 2. The van der Waals surface area contributed by atoms with Crippen molar-refractivity contribution in [2.75, 3.05) is 6.54 Å². The Kier molecular flexibility index (Phi) is 9.14. The first-order valence-electron chi connectivity index (χ1n) is 19.4. The van der Waals surface area contributed by atoms with Gasteiger partial charge in [-0.25, -0.2) is 9.97 Å². The second-order valence-electron chi connectivity index (χ2n) is 14.8. The van der Waals surface area contributed by atoms with Gasteiger partial charge in [-0.05, 0) is 35.6 Å². The molecule has 0 radical (unpaired) electrons. The van der Waals surface area contributed by atoms with Gasteiger partial charge >= 0.3 is 0 Å². The van der Waals surface area contributed by atoms with Crippen molar-refractivity contribution in [3.8, 4) is 33.9 Å². The van der Waals surface area contributed by atoms with Crippen molar-refractivity contribution in [3.05, 3.63) is 108 Å². The fraction of sp³-hybridized carbons (Fsp3) is 0.279. The fourth-order valence-corrected chi connectivity index (χ4v) is 8.28. The van der Waals surface area contributed by atoms with Crippen molar-refractivity contribution in [1.29, 1.82) is 0 Å². The molecule has 3 aliphatic rings. The second kappa shape index (κ2) is 14.5. The smallest absolute Gasteiger partial charge is 0.270 e. The molecule has 15 nitrogen and oxygen atoms in total. The number of fused-ring (bicyclic) bond motifs is 3. The molecule has 6 aromatic rings. The summed E-state index contributed by atoms with van der Waals surface area (Å²) in [4.78, 5) is 72.8. The first-order valence-corrected chi connectivity index (χ1v) is 19.4. The first-order chi connectivity index (χ1) is 28.1. The van der Waals surface area contributed by atoms with Crippen LogP contribution in [0.3, 0.4) is 0 Å². The average molecular weight is 776 g/mol. The third kappa shape index (κ3) is 6.37. The number of carbonyl (C=O) groups excluding carboxylic acids is 4. The molecule has 1 fully saturated rings. The second-order valence-corrected chi connectivity index (χ2v) is 14.8. The van der Waals surface area contributed by atoms with Crippen LogP contribution in [0.25, 0.3) is 50.4 Å². The average Bonchev–Trinajstić information content (AvgIpc) is 3.91. The third-order valence-corrected chi connectivity index (χ3v) is 11.4. The summed E-state index contributed by atoms with van der Waals surface area (Å²) in [6.07, 6.45) is 5.00. The van der Waals surface area contributed by atoms with Crippen LogP contribution >= 0.6 is 0 Å². The van der Waals surface area contributed by atoms with Crippen LogP contribution in [0, 0.1) is 0 Å². The number of benzene rings is 2. The molecular formula is C43H41N11O4. The van der Waals surface area contributed by atoms with Gasteiger partial charge in [-0.15, -0.1) is 0 Å². The number of nitrogens with zero attached hydrogens (tertiary/aromatic N) is 9. The highest BCUT2D eigenvalue weighted by molar-refractivity contribution is 6.01. The normalized spacial score (nSPS) is 16.4. The van der Waals surface area contributed by atoms with Crippen molar-refractivity contribution >= 4 is 40.1 Å². The van der Waals surface area contributed by atoms with Gasteiger partial charge in [0.15, 0.2) is 5.82 Å².